The lowest BCUT2D eigenvalue weighted by Crippen LogP contribution is -2.33. The van der Waals surface area contributed by atoms with Crippen LogP contribution < -0.4 is 0 Å². The molecule has 1 heterocycles. The van der Waals surface area contributed by atoms with Crippen LogP contribution in [0, 0.1) is 0 Å². The fourth-order valence-corrected chi connectivity index (χ4v) is 1.92. The van der Waals surface area contributed by atoms with Gasteiger partial charge in [-0.2, -0.15) is 0 Å². The van der Waals surface area contributed by atoms with Crippen LogP contribution in [-0.2, 0) is 11.3 Å². The van der Waals surface area contributed by atoms with Gasteiger partial charge in [-0.25, -0.2) is 4.79 Å². The molecule has 1 aromatic carbocycles. The Hall–Kier alpha value is -1.75. The van der Waals surface area contributed by atoms with Crippen LogP contribution >= 0.6 is 0 Å². The summed E-state index contributed by atoms with van der Waals surface area (Å²) in [6.45, 7) is 0.730. The summed E-state index contributed by atoms with van der Waals surface area (Å²) in [7, 11) is 0. The highest BCUT2D eigenvalue weighted by Crippen LogP contribution is 2.20. The van der Waals surface area contributed by atoms with E-state index >= 15 is 0 Å². The second-order valence-corrected chi connectivity index (χ2v) is 4.04. The van der Waals surface area contributed by atoms with Crippen LogP contribution in [-0.4, -0.2) is 40.5 Å². The van der Waals surface area contributed by atoms with E-state index in [0.29, 0.717) is 19.6 Å². The highest BCUT2D eigenvalue weighted by Gasteiger charge is 2.32. The lowest BCUT2D eigenvalue weighted by molar-refractivity contribution is 0.155. The number of hydrogen-bond acceptors (Lipinski definition) is 4. The van der Waals surface area contributed by atoms with Crippen LogP contribution in [0.15, 0.2) is 24.3 Å². The van der Waals surface area contributed by atoms with E-state index in [1.54, 1.807) is 23.1 Å². The molecule has 17 heavy (non-hydrogen) atoms. The number of cyclic esters (lactones) is 1. The maximum atomic E-state index is 11.5. The minimum Gasteiger partial charge on any atom is -0.508 e. The van der Waals surface area contributed by atoms with Crippen molar-refractivity contribution in [3.63, 3.8) is 0 Å². The van der Waals surface area contributed by atoms with Crippen molar-refractivity contribution in [3.8, 4) is 5.75 Å². The highest BCUT2D eigenvalue weighted by molar-refractivity contribution is 5.70. The summed E-state index contributed by atoms with van der Waals surface area (Å²) >= 11 is 0. The number of phenols is 1. The Morgan fingerprint density at radius 3 is 3.00 bits per heavy atom. The van der Waals surface area contributed by atoms with Gasteiger partial charge in [0.2, 0.25) is 0 Å². The number of amides is 1. The van der Waals surface area contributed by atoms with Crippen molar-refractivity contribution >= 4 is 6.09 Å². The van der Waals surface area contributed by atoms with Crippen LogP contribution in [0.2, 0.25) is 0 Å². The molecule has 1 saturated heterocycles. The fraction of sp³-hybridized carbons (Fsp3) is 0.417. The monoisotopic (exact) mass is 237 g/mol. The van der Waals surface area contributed by atoms with Gasteiger partial charge in [0, 0.05) is 13.2 Å². The Balaban J connectivity index is 2.08. The average Bonchev–Trinajstić information content (AvgIpc) is 2.62. The molecule has 2 N–H and O–H groups in total. The van der Waals surface area contributed by atoms with Crippen LogP contribution in [0.3, 0.4) is 0 Å². The number of nitrogens with zero attached hydrogens (tertiary/aromatic N) is 1. The predicted molar refractivity (Wildman–Crippen MR) is 60.5 cm³/mol. The SMILES string of the molecule is O=C1OCC(CCO)N1Cc1cccc(O)c1. The molecule has 2 rings (SSSR count). The van der Waals surface area contributed by atoms with Gasteiger partial charge in [-0.3, -0.25) is 4.90 Å². The summed E-state index contributed by atoms with van der Waals surface area (Å²) in [4.78, 5) is 13.1. The first kappa shape index (κ1) is 11.7. The number of aromatic hydroxyl groups is 1. The Morgan fingerprint density at radius 2 is 2.29 bits per heavy atom. The number of aliphatic hydroxyl groups excluding tert-OH is 1. The zero-order chi connectivity index (χ0) is 12.3. The van der Waals surface area contributed by atoms with E-state index in [1.165, 1.54) is 0 Å². The van der Waals surface area contributed by atoms with Gasteiger partial charge >= 0.3 is 6.09 Å². The lowest BCUT2D eigenvalue weighted by Gasteiger charge is -2.20. The predicted octanol–water partition coefficient (Wildman–Crippen LogP) is 1.10. The first-order valence-corrected chi connectivity index (χ1v) is 5.53. The van der Waals surface area contributed by atoms with Crippen molar-refractivity contribution in [2.24, 2.45) is 0 Å². The Labute approximate surface area is 99.2 Å². The molecule has 1 aliphatic rings. The number of carbonyl (C=O) groups excluding carboxylic acids is 1. The number of rotatable bonds is 4. The van der Waals surface area contributed by atoms with E-state index in [4.69, 9.17) is 9.84 Å². The first-order valence-electron chi connectivity index (χ1n) is 5.53. The maximum Gasteiger partial charge on any atom is 0.410 e. The molecule has 0 saturated carbocycles. The van der Waals surface area contributed by atoms with Crippen LogP contribution in [0.25, 0.3) is 0 Å². The largest absolute Gasteiger partial charge is 0.508 e. The van der Waals surface area contributed by atoms with E-state index in [0.717, 1.165) is 5.56 Å². The minimum atomic E-state index is -0.369. The molecule has 0 radical (unpaired) electrons. The van der Waals surface area contributed by atoms with Crippen molar-refractivity contribution in [1.82, 2.24) is 4.90 Å². The molecule has 0 spiro atoms. The second kappa shape index (κ2) is 5.05. The molecule has 1 aliphatic heterocycles. The molecule has 0 bridgehead atoms. The normalized spacial score (nSPS) is 19.5. The fourth-order valence-electron chi connectivity index (χ4n) is 1.92. The number of ether oxygens (including phenoxy) is 1. The van der Waals surface area contributed by atoms with Gasteiger partial charge in [-0.05, 0) is 24.1 Å². The molecule has 0 aromatic heterocycles. The van der Waals surface area contributed by atoms with Crippen LogP contribution in [0.4, 0.5) is 4.79 Å². The van der Waals surface area contributed by atoms with Crippen molar-refractivity contribution < 1.29 is 19.7 Å². The van der Waals surface area contributed by atoms with Crippen molar-refractivity contribution in [2.45, 2.75) is 19.0 Å². The average molecular weight is 237 g/mol. The third-order valence-corrected chi connectivity index (χ3v) is 2.80. The van der Waals surface area contributed by atoms with Crippen molar-refractivity contribution in [3.05, 3.63) is 29.8 Å². The van der Waals surface area contributed by atoms with Crippen LogP contribution in [0.1, 0.15) is 12.0 Å². The maximum absolute atomic E-state index is 11.5. The topological polar surface area (TPSA) is 70.0 Å². The molecular formula is C12H15NO4. The number of aliphatic hydroxyl groups is 1. The van der Waals surface area contributed by atoms with Crippen molar-refractivity contribution in [2.75, 3.05) is 13.2 Å². The lowest BCUT2D eigenvalue weighted by atomic mass is 10.1. The summed E-state index contributed by atoms with van der Waals surface area (Å²) in [6.07, 6.45) is 0.136. The molecule has 1 atom stereocenters. The molecule has 1 aromatic rings. The third kappa shape index (κ3) is 2.68. The van der Waals surface area contributed by atoms with Gasteiger partial charge < -0.3 is 14.9 Å². The number of carbonyl (C=O) groups is 1. The van der Waals surface area contributed by atoms with Gasteiger partial charge in [0.15, 0.2) is 0 Å². The number of benzene rings is 1. The zero-order valence-electron chi connectivity index (χ0n) is 9.37. The van der Waals surface area contributed by atoms with Crippen molar-refractivity contribution in [1.29, 1.82) is 0 Å². The summed E-state index contributed by atoms with van der Waals surface area (Å²) in [5, 5.41) is 18.3. The molecule has 1 fully saturated rings. The molecule has 5 nitrogen and oxygen atoms in total. The molecule has 92 valence electrons. The second-order valence-electron chi connectivity index (χ2n) is 4.04. The Bertz CT molecular complexity index is 407. The molecule has 1 amide bonds. The van der Waals surface area contributed by atoms with E-state index < -0.39 is 0 Å². The highest BCUT2D eigenvalue weighted by atomic mass is 16.6. The van der Waals surface area contributed by atoms with Gasteiger partial charge in [-0.15, -0.1) is 0 Å². The van der Waals surface area contributed by atoms with E-state index in [-0.39, 0.29) is 24.5 Å². The van der Waals surface area contributed by atoms with Gasteiger partial charge in [0.05, 0.1) is 6.04 Å². The molecule has 1 unspecified atom stereocenters. The van der Waals surface area contributed by atoms with Gasteiger partial charge in [0.1, 0.15) is 12.4 Å². The quantitative estimate of drug-likeness (QED) is 0.822. The first-order chi connectivity index (χ1) is 8.20. The standard InChI is InChI=1S/C12H15NO4/c14-5-4-10-8-17-12(16)13(10)7-9-2-1-3-11(15)6-9/h1-3,6,10,14-15H,4-5,7-8H2. The number of hydrogen-bond donors (Lipinski definition) is 2. The van der Waals surface area contributed by atoms with Gasteiger partial charge in [-0.1, -0.05) is 12.1 Å². The summed E-state index contributed by atoms with van der Waals surface area (Å²) < 4.78 is 4.95. The smallest absolute Gasteiger partial charge is 0.410 e. The Kier molecular flexibility index (Phi) is 3.49. The summed E-state index contributed by atoms with van der Waals surface area (Å²) in [5.74, 6) is 0.175. The minimum absolute atomic E-state index is 0.0256. The Morgan fingerprint density at radius 1 is 1.47 bits per heavy atom. The zero-order valence-corrected chi connectivity index (χ0v) is 9.37. The summed E-state index contributed by atoms with van der Waals surface area (Å²) in [6, 6.07) is 6.67. The van der Waals surface area contributed by atoms with E-state index in [9.17, 15) is 9.90 Å². The van der Waals surface area contributed by atoms with E-state index in [1.807, 2.05) is 6.07 Å². The molecular weight excluding hydrogens is 222 g/mol. The van der Waals surface area contributed by atoms with E-state index in [2.05, 4.69) is 0 Å². The third-order valence-electron chi connectivity index (χ3n) is 2.80. The summed E-state index contributed by atoms with van der Waals surface area (Å²) in [5.41, 5.74) is 0.840. The molecule has 5 heteroatoms. The number of phenolic OH excluding ortho intramolecular Hbond substituents is 1. The van der Waals surface area contributed by atoms with Gasteiger partial charge in [0.25, 0.3) is 0 Å². The van der Waals surface area contributed by atoms with Crippen LogP contribution in [0.5, 0.6) is 5.75 Å². The molecule has 0 aliphatic carbocycles.